The average molecular weight is 277 g/mol. The molecule has 0 amide bonds. The summed E-state index contributed by atoms with van der Waals surface area (Å²) in [6.07, 6.45) is 0. The first kappa shape index (κ1) is 13.4. The van der Waals surface area contributed by atoms with E-state index in [9.17, 15) is 4.39 Å². The lowest BCUT2D eigenvalue weighted by Gasteiger charge is -2.14. The molecule has 0 spiro atoms. The minimum atomic E-state index is -0.266. The summed E-state index contributed by atoms with van der Waals surface area (Å²) in [7, 11) is 1.60. The Morgan fingerprint density at radius 1 is 0.905 bits per heavy atom. The van der Waals surface area contributed by atoms with Gasteiger partial charge in [0.15, 0.2) is 0 Å². The van der Waals surface area contributed by atoms with Gasteiger partial charge in [-0.3, -0.25) is 0 Å². The van der Waals surface area contributed by atoms with Crippen molar-refractivity contribution in [2.24, 2.45) is 0 Å². The third-order valence-corrected chi connectivity index (χ3v) is 3.36. The zero-order valence-electron chi connectivity index (χ0n) is 11.6. The molecule has 103 valence electrons. The highest BCUT2D eigenvalue weighted by atomic mass is 19.1. The van der Waals surface area contributed by atoms with Crippen LogP contribution in [0.3, 0.4) is 0 Å². The molecule has 0 saturated heterocycles. The van der Waals surface area contributed by atoms with Gasteiger partial charge in [-0.15, -0.1) is 0 Å². The van der Waals surface area contributed by atoms with Gasteiger partial charge in [0.2, 0.25) is 0 Å². The highest BCUT2D eigenvalue weighted by Gasteiger charge is 2.13. The van der Waals surface area contributed by atoms with Crippen LogP contribution in [0.4, 0.5) is 4.39 Å². The first-order valence-electron chi connectivity index (χ1n) is 6.69. The van der Waals surface area contributed by atoms with Gasteiger partial charge in [0.25, 0.3) is 0 Å². The number of benzene rings is 3. The van der Waals surface area contributed by atoms with Crippen LogP contribution < -0.4 is 4.74 Å². The van der Waals surface area contributed by atoms with Crippen molar-refractivity contribution in [2.45, 2.75) is 0 Å². The van der Waals surface area contributed by atoms with Crippen LogP contribution in [0, 0.1) is 11.9 Å². The smallest absolute Gasteiger partial charge is 0.135 e. The van der Waals surface area contributed by atoms with E-state index in [1.165, 1.54) is 12.1 Å². The quantitative estimate of drug-likeness (QED) is 0.657. The summed E-state index contributed by atoms with van der Waals surface area (Å²) in [4.78, 5) is 0. The van der Waals surface area contributed by atoms with E-state index in [1.807, 2.05) is 48.5 Å². The van der Waals surface area contributed by atoms with Crippen molar-refractivity contribution in [3.63, 3.8) is 0 Å². The SMILES string of the molecule is COc1[c]ccc(-c2ccccc2)c1-c1cccc(F)c1. The Morgan fingerprint density at radius 3 is 2.38 bits per heavy atom. The molecule has 0 atom stereocenters. The minimum Gasteiger partial charge on any atom is -0.495 e. The molecule has 0 aliphatic rings. The number of hydrogen-bond acceptors (Lipinski definition) is 1. The minimum absolute atomic E-state index is 0.266. The van der Waals surface area contributed by atoms with E-state index < -0.39 is 0 Å². The highest BCUT2D eigenvalue weighted by Crippen LogP contribution is 2.38. The lowest BCUT2D eigenvalue weighted by atomic mass is 9.93. The van der Waals surface area contributed by atoms with Gasteiger partial charge in [0.05, 0.1) is 7.11 Å². The summed E-state index contributed by atoms with van der Waals surface area (Å²) in [5, 5.41) is 0. The maximum Gasteiger partial charge on any atom is 0.135 e. The Hall–Kier alpha value is -2.61. The van der Waals surface area contributed by atoms with E-state index in [-0.39, 0.29) is 5.82 Å². The summed E-state index contributed by atoms with van der Waals surface area (Å²) in [6.45, 7) is 0. The average Bonchev–Trinajstić information content (AvgIpc) is 2.55. The maximum absolute atomic E-state index is 13.6. The van der Waals surface area contributed by atoms with Crippen LogP contribution >= 0.6 is 0 Å². The van der Waals surface area contributed by atoms with Crippen molar-refractivity contribution in [3.8, 4) is 28.0 Å². The fourth-order valence-corrected chi connectivity index (χ4v) is 2.43. The Labute approximate surface area is 123 Å². The fraction of sp³-hybridized carbons (Fsp3) is 0.0526. The molecular weight excluding hydrogens is 263 g/mol. The molecule has 0 aromatic heterocycles. The Bertz CT molecular complexity index is 751. The maximum atomic E-state index is 13.6. The van der Waals surface area contributed by atoms with Crippen LogP contribution in [0.5, 0.6) is 5.75 Å². The first-order chi connectivity index (χ1) is 10.3. The molecule has 1 radical (unpaired) electrons. The van der Waals surface area contributed by atoms with Gasteiger partial charge in [0, 0.05) is 11.6 Å². The summed E-state index contributed by atoms with van der Waals surface area (Å²) in [5.41, 5.74) is 3.69. The standard InChI is InChI=1S/C19H14FO/c1-21-18-12-6-11-17(14-7-3-2-4-8-14)19(18)15-9-5-10-16(20)13-15/h2-11,13H,1H3. The molecule has 0 N–H and O–H groups in total. The lowest BCUT2D eigenvalue weighted by molar-refractivity contribution is 0.415. The molecule has 0 saturated carbocycles. The van der Waals surface area contributed by atoms with Gasteiger partial charge >= 0.3 is 0 Å². The van der Waals surface area contributed by atoms with Gasteiger partial charge < -0.3 is 4.74 Å². The normalized spacial score (nSPS) is 10.4. The second-order valence-corrected chi connectivity index (χ2v) is 4.68. The van der Waals surface area contributed by atoms with Gasteiger partial charge in [-0.2, -0.15) is 0 Å². The zero-order chi connectivity index (χ0) is 14.7. The summed E-state index contributed by atoms with van der Waals surface area (Å²) < 4.78 is 19.0. The van der Waals surface area contributed by atoms with Crippen LogP contribution in [0.2, 0.25) is 0 Å². The largest absolute Gasteiger partial charge is 0.495 e. The molecule has 1 nitrogen and oxygen atoms in total. The molecule has 0 aliphatic carbocycles. The number of hydrogen-bond donors (Lipinski definition) is 0. The van der Waals surface area contributed by atoms with Crippen molar-refractivity contribution in [1.29, 1.82) is 0 Å². The predicted molar refractivity (Wildman–Crippen MR) is 82.7 cm³/mol. The van der Waals surface area contributed by atoms with E-state index in [1.54, 1.807) is 13.2 Å². The number of halogens is 1. The molecule has 0 bridgehead atoms. The van der Waals surface area contributed by atoms with E-state index >= 15 is 0 Å². The van der Waals surface area contributed by atoms with Crippen LogP contribution in [-0.4, -0.2) is 7.11 Å². The molecule has 3 aromatic rings. The van der Waals surface area contributed by atoms with Crippen LogP contribution in [0.15, 0.2) is 66.7 Å². The molecule has 21 heavy (non-hydrogen) atoms. The molecule has 0 aliphatic heterocycles. The topological polar surface area (TPSA) is 9.23 Å². The Morgan fingerprint density at radius 2 is 1.67 bits per heavy atom. The lowest BCUT2D eigenvalue weighted by Crippen LogP contribution is -1.92. The summed E-state index contributed by atoms with van der Waals surface area (Å²) in [6, 6.07) is 23.4. The van der Waals surface area contributed by atoms with Crippen LogP contribution in [0.25, 0.3) is 22.3 Å². The molecule has 2 heteroatoms. The molecule has 0 fully saturated rings. The second kappa shape index (κ2) is 5.80. The number of ether oxygens (including phenoxy) is 1. The van der Waals surface area contributed by atoms with E-state index in [2.05, 4.69) is 6.07 Å². The number of rotatable bonds is 3. The van der Waals surface area contributed by atoms with Gasteiger partial charge in [0.1, 0.15) is 11.6 Å². The zero-order valence-corrected chi connectivity index (χ0v) is 11.6. The molecule has 3 aromatic carbocycles. The molecular formula is C19H14FO. The van der Waals surface area contributed by atoms with Crippen molar-refractivity contribution < 1.29 is 9.13 Å². The molecule has 3 rings (SSSR count). The van der Waals surface area contributed by atoms with Crippen LogP contribution in [0.1, 0.15) is 0 Å². The van der Waals surface area contributed by atoms with Crippen molar-refractivity contribution in [1.82, 2.24) is 0 Å². The number of methoxy groups -OCH3 is 1. The van der Waals surface area contributed by atoms with E-state index in [4.69, 9.17) is 4.74 Å². The van der Waals surface area contributed by atoms with Gasteiger partial charge in [-0.05, 0) is 34.9 Å². The van der Waals surface area contributed by atoms with Gasteiger partial charge in [-0.25, -0.2) is 4.39 Å². The van der Waals surface area contributed by atoms with Crippen molar-refractivity contribution in [3.05, 3.63) is 78.6 Å². The monoisotopic (exact) mass is 277 g/mol. The second-order valence-electron chi connectivity index (χ2n) is 4.68. The van der Waals surface area contributed by atoms with Crippen LogP contribution in [-0.2, 0) is 0 Å². The first-order valence-corrected chi connectivity index (χ1v) is 6.69. The predicted octanol–water partition coefficient (Wildman–Crippen LogP) is 4.97. The van der Waals surface area contributed by atoms with Gasteiger partial charge in [-0.1, -0.05) is 48.5 Å². The van der Waals surface area contributed by atoms with Crippen molar-refractivity contribution >= 4 is 0 Å². The highest BCUT2D eigenvalue weighted by molar-refractivity contribution is 5.87. The van der Waals surface area contributed by atoms with E-state index in [0.29, 0.717) is 5.75 Å². The van der Waals surface area contributed by atoms with Crippen molar-refractivity contribution in [2.75, 3.05) is 7.11 Å². The Balaban J connectivity index is 2.27. The Kier molecular flexibility index (Phi) is 3.69. The summed E-state index contributed by atoms with van der Waals surface area (Å²) in [5.74, 6) is 0.347. The third kappa shape index (κ3) is 2.65. The fourth-order valence-electron chi connectivity index (χ4n) is 2.43. The third-order valence-electron chi connectivity index (χ3n) is 3.36. The molecule has 0 heterocycles. The van der Waals surface area contributed by atoms with E-state index in [0.717, 1.165) is 22.3 Å². The summed E-state index contributed by atoms with van der Waals surface area (Å²) >= 11 is 0. The molecule has 0 unspecified atom stereocenters.